The zero-order valence-electron chi connectivity index (χ0n) is 24.1. The van der Waals surface area contributed by atoms with Crippen LogP contribution in [0.1, 0.15) is 40.9 Å². The first-order chi connectivity index (χ1) is 20.0. The van der Waals surface area contributed by atoms with Crippen LogP contribution in [0.25, 0.3) is 11.0 Å². The van der Waals surface area contributed by atoms with E-state index in [1.54, 1.807) is 7.05 Å². The molecule has 1 aromatic heterocycles. The predicted molar refractivity (Wildman–Crippen MR) is 168 cm³/mol. The minimum Gasteiger partial charge on any atom is -0.378 e. The van der Waals surface area contributed by atoms with Gasteiger partial charge in [-0.25, -0.2) is 4.98 Å². The number of ether oxygens (including phenoxy) is 1. The van der Waals surface area contributed by atoms with Gasteiger partial charge in [-0.1, -0.05) is 55.5 Å². The van der Waals surface area contributed by atoms with Gasteiger partial charge in [-0.05, 0) is 66.9 Å². The van der Waals surface area contributed by atoms with Crippen LogP contribution in [0.2, 0.25) is 0 Å². The number of carbonyl (C=O) groups excluding carboxylic acids is 1. The van der Waals surface area contributed by atoms with Crippen LogP contribution in [0.4, 0.5) is 11.6 Å². The zero-order valence-corrected chi connectivity index (χ0v) is 24.1. The van der Waals surface area contributed by atoms with E-state index in [-0.39, 0.29) is 5.91 Å². The second-order valence-corrected chi connectivity index (χ2v) is 10.2. The highest BCUT2D eigenvalue weighted by molar-refractivity contribution is 6.09. The number of nitrogens with zero attached hydrogens (tertiary/aromatic N) is 4. The van der Waals surface area contributed by atoms with Gasteiger partial charge in [0.1, 0.15) is 0 Å². The number of benzene rings is 3. The van der Waals surface area contributed by atoms with Crippen molar-refractivity contribution in [2.75, 3.05) is 43.6 Å². The molecule has 1 fully saturated rings. The van der Waals surface area contributed by atoms with E-state index in [0.29, 0.717) is 31.3 Å². The summed E-state index contributed by atoms with van der Waals surface area (Å²) in [5, 5.41) is 3.10. The number of aryl methyl sites for hydroxylation is 1. The van der Waals surface area contributed by atoms with Gasteiger partial charge in [0.25, 0.3) is 5.91 Å². The summed E-state index contributed by atoms with van der Waals surface area (Å²) in [6.45, 7) is 11.6. The molecule has 0 radical (unpaired) electrons. The van der Waals surface area contributed by atoms with Gasteiger partial charge in [0, 0.05) is 37.0 Å². The molecule has 41 heavy (non-hydrogen) atoms. The first-order valence-corrected chi connectivity index (χ1v) is 14.1. The number of hydrogen-bond acceptors (Lipinski definition) is 5. The fourth-order valence-corrected chi connectivity index (χ4v) is 5.11. The van der Waals surface area contributed by atoms with Crippen LogP contribution in [0.15, 0.2) is 96.0 Å². The van der Waals surface area contributed by atoms with E-state index in [4.69, 9.17) is 9.72 Å². The standard InChI is InChI=1S/C34H37N5O2/c1-5-25-9-8-10-27(21-25)33(40)37-34-36-30-11-6-7-12-32(30)39(34)23-28-22-26(29(35-4)15-13-24(2)3)14-16-31(28)38-17-19-41-20-18-38/h6-16,21-22H,2,5,17-20,23H2,1,3-4H3,(H,36,37,40)/b15-13-,35-29?. The third kappa shape index (κ3) is 6.47. The number of rotatable bonds is 9. The lowest BCUT2D eigenvalue weighted by atomic mass is 10.0. The highest BCUT2D eigenvalue weighted by Gasteiger charge is 2.20. The van der Waals surface area contributed by atoms with Crippen molar-refractivity contribution in [2.45, 2.75) is 26.8 Å². The molecule has 2 heterocycles. The lowest BCUT2D eigenvalue weighted by Gasteiger charge is -2.31. The first-order valence-electron chi connectivity index (χ1n) is 14.1. The Labute approximate surface area is 241 Å². The number of nitrogens with one attached hydrogen (secondary N) is 1. The highest BCUT2D eigenvalue weighted by Crippen LogP contribution is 2.29. The molecule has 7 nitrogen and oxygen atoms in total. The van der Waals surface area contributed by atoms with Crippen molar-refractivity contribution in [3.05, 3.63) is 113 Å². The minimum atomic E-state index is -0.177. The maximum absolute atomic E-state index is 13.4. The van der Waals surface area contributed by atoms with Gasteiger partial charge in [-0.15, -0.1) is 0 Å². The summed E-state index contributed by atoms with van der Waals surface area (Å²) < 4.78 is 7.73. The zero-order chi connectivity index (χ0) is 28.8. The number of carbonyl (C=O) groups is 1. The average molecular weight is 548 g/mol. The van der Waals surface area contributed by atoms with Crippen molar-refractivity contribution in [3.63, 3.8) is 0 Å². The van der Waals surface area contributed by atoms with Crippen molar-refractivity contribution in [1.29, 1.82) is 0 Å². The Kier molecular flexibility index (Phi) is 8.75. The molecule has 0 saturated carbocycles. The number of hydrogen-bond donors (Lipinski definition) is 1. The summed E-state index contributed by atoms with van der Waals surface area (Å²) in [4.78, 5) is 25.1. The average Bonchev–Trinajstić information content (AvgIpc) is 3.34. The van der Waals surface area contributed by atoms with E-state index < -0.39 is 0 Å². The summed E-state index contributed by atoms with van der Waals surface area (Å²) in [7, 11) is 1.80. The maximum Gasteiger partial charge on any atom is 0.257 e. The Bertz CT molecular complexity index is 1630. The second-order valence-electron chi connectivity index (χ2n) is 10.2. The molecule has 210 valence electrons. The number of imidazole rings is 1. The summed E-state index contributed by atoms with van der Waals surface area (Å²) >= 11 is 0. The van der Waals surface area contributed by atoms with Gasteiger partial charge in [0.2, 0.25) is 5.95 Å². The van der Waals surface area contributed by atoms with Crippen LogP contribution in [0, 0.1) is 0 Å². The van der Waals surface area contributed by atoms with Gasteiger partial charge < -0.3 is 14.2 Å². The number of anilines is 2. The number of para-hydroxylation sites is 2. The predicted octanol–water partition coefficient (Wildman–Crippen LogP) is 6.29. The third-order valence-corrected chi connectivity index (χ3v) is 7.30. The van der Waals surface area contributed by atoms with Gasteiger partial charge in [-0.3, -0.25) is 15.1 Å². The molecule has 1 aliphatic rings. The first kappa shape index (κ1) is 28.1. The van der Waals surface area contributed by atoms with E-state index in [1.165, 1.54) is 0 Å². The smallest absolute Gasteiger partial charge is 0.257 e. The van der Waals surface area contributed by atoms with Crippen molar-refractivity contribution in [2.24, 2.45) is 4.99 Å². The van der Waals surface area contributed by atoms with E-state index in [9.17, 15) is 4.79 Å². The van der Waals surface area contributed by atoms with Gasteiger partial charge in [-0.2, -0.15) is 0 Å². The Morgan fingerprint density at radius 2 is 1.85 bits per heavy atom. The molecule has 1 saturated heterocycles. The van der Waals surface area contributed by atoms with Crippen LogP contribution in [-0.2, 0) is 17.7 Å². The number of fused-ring (bicyclic) bond motifs is 1. The van der Waals surface area contributed by atoms with Crippen LogP contribution < -0.4 is 10.2 Å². The van der Waals surface area contributed by atoms with Crippen LogP contribution in [-0.4, -0.2) is 54.5 Å². The summed E-state index contributed by atoms with van der Waals surface area (Å²) in [5.74, 6) is 0.340. The molecule has 7 heteroatoms. The van der Waals surface area contributed by atoms with Crippen molar-refractivity contribution in [1.82, 2.24) is 9.55 Å². The molecule has 4 aromatic rings. The fourth-order valence-electron chi connectivity index (χ4n) is 5.11. The highest BCUT2D eigenvalue weighted by atomic mass is 16.5. The summed E-state index contributed by atoms with van der Waals surface area (Å²) in [6.07, 6.45) is 4.84. The monoisotopic (exact) mass is 547 g/mol. The number of morpholine rings is 1. The van der Waals surface area contributed by atoms with Gasteiger partial charge in [0.15, 0.2) is 0 Å². The lowest BCUT2D eigenvalue weighted by molar-refractivity contribution is 0.102. The van der Waals surface area contributed by atoms with E-state index in [2.05, 4.69) is 51.5 Å². The number of amides is 1. The van der Waals surface area contributed by atoms with Crippen LogP contribution in [0.3, 0.4) is 0 Å². The topological polar surface area (TPSA) is 71.8 Å². The molecular formula is C34H37N5O2. The molecular weight excluding hydrogens is 510 g/mol. The molecule has 1 amide bonds. The second kappa shape index (κ2) is 12.8. The normalized spacial score (nSPS) is 14.1. The maximum atomic E-state index is 13.4. The van der Waals surface area contributed by atoms with Crippen molar-refractivity contribution < 1.29 is 9.53 Å². The summed E-state index contributed by atoms with van der Waals surface area (Å²) in [6, 6.07) is 22.2. The molecule has 0 spiro atoms. The molecule has 0 bridgehead atoms. The van der Waals surface area contributed by atoms with E-state index in [0.717, 1.165) is 64.2 Å². The fraction of sp³-hybridized carbons (Fsp3) is 0.265. The molecule has 1 N–H and O–H groups in total. The summed E-state index contributed by atoms with van der Waals surface area (Å²) in [5.41, 5.74) is 8.63. The minimum absolute atomic E-state index is 0.177. The Balaban J connectivity index is 1.57. The molecule has 5 rings (SSSR count). The van der Waals surface area contributed by atoms with Crippen LogP contribution in [0.5, 0.6) is 0 Å². The molecule has 0 aliphatic carbocycles. The van der Waals surface area contributed by atoms with Gasteiger partial charge in [0.05, 0.1) is 36.5 Å². The Morgan fingerprint density at radius 1 is 1.05 bits per heavy atom. The van der Waals surface area contributed by atoms with Gasteiger partial charge >= 0.3 is 0 Å². The Morgan fingerprint density at radius 3 is 2.61 bits per heavy atom. The van der Waals surface area contributed by atoms with Crippen molar-refractivity contribution >= 4 is 34.3 Å². The number of allylic oxidation sites excluding steroid dienone is 3. The van der Waals surface area contributed by atoms with E-state index >= 15 is 0 Å². The number of aromatic nitrogens is 2. The lowest BCUT2D eigenvalue weighted by Crippen LogP contribution is -2.37. The number of aliphatic imine (C=N–C) groups is 1. The largest absolute Gasteiger partial charge is 0.378 e. The molecule has 0 unspecified atom stereocenters. The third-order valence-electron chi connectivity index (χ3n) is 7.30. The van der Waals surface area contributed by atoms with E-state index in [1.807, 2.05) is 67.6 Å². The molecule has 1 aliphatic heterocycles. The van der Waals surface area contributed by atoms with Crippen molar-refractivity contribution in [3.8, 4) is 0 Å². The molecule has 3 aromatic carbocycles. The quantitative estimate of drug-likeness (QED) is 0.198. The Hall–Kier alpha value is -4.49. The van der Waals surface area contributed by atoms with Crippen LogP contribution >= 0.6 is 0 Å². The SMILES string of the molecule is C=C(C)/C=C\C(=NC)c1ccc(N2CCOCC2)c(Cn2c(NC(=O)c3cccc(CC)c3)nc3ccccc32)c1. The molecule has 0 atom stereocenters.